The van der Waals surface area contributed by atoms with E-state index in [1.165, 1.54) is 10.1 Å². The minimum Gasteiger partial charge on any atom is -0.338 e. The topological polar surface area (TPSA) is 143 Å². The van der Waals surface area contributed by atoms with Gasteiger partial charge >= 0.3 is 11.7 Å². The third-order valence-corrected chi connectivity index (χ3v) is 7.72. The van der Waals surface area contributed by atoms with Crippen LogP contribution >= 0.6 is 0 Å². The molecule has 0 radical (unpaired) electrons. The smallest absolute Gasteiger partial charge is 0.338 e. The van der Waals surface area contributed by atoms with E-state index in [-0.39, 0.29) is 23.3 Å². The van der Waals surface area contributed by atoms with Crippen molar-refractivity contribution in [1.82, 2.24) is 24.3 Å². The lowest BCUT2D eigenvalue weighted by Gasteiger charge is -2.37. The number of nitrogens with zero attached hydrogens (tertiary/aromatic N) is 5. The zero-order valence-corrected chi connectivity index (χ0v) is 21.5. The number of carbonyl (C=O) groups excluding carboxylic acids is 2. The Hall–Kier alpha value is -3.28. The molecule has 1 aromatic heterocycles. The highest BCUT2D eigenvalue weighted by Crippen LogP contribution is 2.47. The minimum atomic E-state index is -0.944. The number of hydrogen-bond donors (Lipinski definition) is 3. The van der Waals surface area contributed by atoms with Crippen molar-refractivity contribution in [3.05, 3.63) is 52.6 Å². The second kappa shape index (κ2) is 9.55. The van der Waals surface area contributed by atoms with Crippen LogP contribution in [0.1, 0.15) is 32.3 Å². The molecule has 3 aliphatic rings. The van der Waals surface area contributed by atoms with Crippen LogP contribution < -0.4 is 22.5 Å². The van der Waals surface area contributed by atoms with Crippen LogP contribution in [0.15, 0.2) is 41.3 Å². The molecule has 3 fully saturated rings. The number of hydrogen-bond acceptors (Lipinski definition) is 7. The van der Waals surface area contributed by atoms with E-state index >= 15 is 0 Å². The van der Waals surface area contributed by atoms with Crippen molar-refractivity contribution < 1.29 is 9.59 Å². The highest BCUT2D eigenvalue weighted by atomic mass is 16.2. The second-order valence-corrected chi connectivity index (χ2v) is 11.2. The molecule has 11 nitrogen and oxygen atoms in total. The number of nitrogens with two attached hydrogens (primary N) is 2. The number of amides is 3. The molecule has 3 amide bonds. The zero-order chi connectivity index (χ0) is 26.4. The van der Waals surface area contributed by atoms with Crippen LogP contribution in [0.5, 0.6) is 0 Å². The Morgan fingerprint density at radius 3 is 2.38 bits per heavy atom. The van der Waals surface area contributed by atoms with Crippen molar-refractivity contribution in [1.29, 1.82) is 0 Å². The molecule has 2 aliphatic heterocycles. The van der Waals surface area contributed by atoms with Crippen molar-refractivity contribution in [3.8, 4) is 5.69 Å². The van der Waals surface area contributed by atoms with Gasteiger partial charge in [-0.2, -0.15) is 4.98 Å². The summed E-state index contributed by atoms with van der Waals surface area (Å²) in [7, 11) is 0. The normalized spacial score (nSPS) is 23.9. The predicted molar refractivity (Wildman–Crippen MR) is 140 cm³/mol. The fourth-order valence-electron chi connectivity index (χ4n) is 5.26. The van der Waals surface area contributed by atoms with Gasteiger partial charge in [-0.05, 0) is 56.4 Å². The van der Waals surface area contributed by atoms with Crippen molar-refractivity contribution in [3.63, 3.8) is 0 Å². The summed E-state index contributed by atoms with van der Waals surface area (Å²) in [5.74, 6) is 0.672. The fraction of sp³-hybridized carbons (Fsp3) is 0.538. The number of anilines is 1. The first-order chi connectivity index (χ1) is 17.5. The Bertz CT molecular complexity index is 1230. The Kier molecular flexibility index (Phi) is 6.55. The monoisotopic (exact) mass is 508 g/mol. The maximum Gasteiger partial charge on any atom is 0.354 e. The number of carbonyl (C=O) groups is 2. The minimum absolute atomic E-state index is 0.0947. The molecule has 2 atom stereocenters. The molecule has 11 heteroatoms. The van der Waals surface area contributed by atoms with E-state index in [4.69, 9.17) is 11.5 Å². The number of urea groups is 1. The van der Waals surface area contributed by atoms with E-state index in [0.717, 1.165) is 32.5 Å². The SMILES string of the molecule is CC(C)(N)C(=O)N1CCN(C(=O)Nc2ccn(-c3ccc(CN4CCC5(N)CC5C4)cc3)c(=O)n2)CC1. The Morgan fingerprint density at radius 1 is 1.08 bits per heavy atom. The summed E-state index contributed by atoms with van der Waals surface area (Å²) in [4.78, 5) is 47.5. The summed E-state index contributed by atoms with van der Waals surface area (Å²) in [6.07, 6.45) is 3.81. The van der Waals surface area contributed by atoms with Crippen molar-refractivity contribution in [2.24, 2.45) is 17.4 Å². The standard InChI is InChI=1S/C26H36N8O3/c1-25(2,27)22(35)32-11-13-33(14-12-32)23(36)29-21-7-9-34(24(37)30-21)20-5-3-18(4-6-20)16-31-10-8-26(28)15-19(26)17-31/h3-7,9,19H,8,10-17,27-28H2,1-2H3,(H,29,30,36,37). The molecule has 0 spiro atoms. The number of likely N-dealkylation sites (tertiary alicyclic amines) is 1. The molecular formula is C26H36N8O3. The summed E-state index contributed by atoms with van der Waals surface area (Å²) in [6.45, 7) is 7.85. The van der Waals surface area contributed by atoms with Crippen molar-refractivity contribution in [2.45, 2.75) is 44.3 Å². The van der Waals surface area contributed by atoms with Crippen LogP contribution in [0.3, 0.4) is 0 Å². The molecular weight excluding hydrogens is 472 g/mol. The van der Waals surface area contributed by atoms with Gasteiger partial charge < -0.3 is 21.3 Å². The molecule has 2 aromatic rings. The number of piperazine rings is 1. The number of aromatic nitrogens is 2. The quantitative estimate of drug-likeness (QED) is 0.536. The van der Waals surface area contributed by atoms with Crippen LogP contribution in [0.2, 0.25) is 0 Å². The van der Waals surface area contributed by atoms with E-state index in [1.54, 1.807) is 35.9 Å². The van der Waals surface area contributed by atoms with Crippen molar-refractivity contribution in [2.75, 3.05) is 44.6 Å². The van der Waals surface area contributed by atoms with E-state index in [0.29, 0.717) is 37.8 Å². The first-order valence-corrected chi connectivity index (χ1v) is 12.9. The van der Waals surface area contributed by atoms with E-state index in [2.05, 4.69) is 15.2 Å². The lowest BCUT2D eigenvalue weighted by molar-refractivity contribution is -0.137. The van der Waals surface area contributed by atoms with Crippen LogP contribution in [0, 0.1) is 5.92 Å². The fourth-order valence-corrected chi connectivity index (χ4v) is 5.26. The number of rotatable bonds is 5. The van der Waals surface area contributed by atoms with Gasteiger partial charge in [0.25, 0.3) is 0 Å². The molecule has 37 heavy (non-hydrogen) atoms. The lowest BCUT2D eigenvalue weighted by Crippen LogP contribution is -2.58. The largest absolute Gasteiger partial charge is 0.354 e. The van der Waals surface area contributed by atoms with Gasteiger partial charge in [-0.3, -0.25) is 19.6 Å². The maximum absolute atomic E-state index is 12.7. The summed E-state index contributed by atoms with van der Waals surface area (Å²) in [5, 5.41) is 2.69. The third-order valence-electron chi connectivity index (χ3n) is 7.72. The van der Waals surface area contributed by atoms with Crippen molar-refractivity contribution >= 4 is 17.8 Å². The van der Waals surface area contributed by atoms with Gasteiger partial charge in [0.15, 0.2) is 0 Å². The molecule has 5 rings (SSSR count). The highest BCUT2D eigenvalue weighted by molar-refractivity contribution is 5.89. The molecule has 1 saturated carbocycles. The molecule has 1 aliphatic carbocycles. The molecule has 5 N–H and O–H groups in total. The van der Waals surface area contributed by atoms with Gasteiger partial charge in [-0.15, -0.1) is 0 Å². The lowest BCUT2D eigenvalue weighted by atomic mass is 10.0. The van der Waals surface area contributed by atoms with Crippen LogP contribution in [0.4, 0.5) is 10.6 Å². The van der Waals surface area contributed by atoms with Gasteiger partial charge in [0, 0.05) is 57.5 Å². The molecule has 3 heterocycles. The third kappa shape index (κ3) is 5.53. The van der Waals surface area contributed by atoms with Gasteiger partial charge in [-0.25, -0.2) is 9.59 Å². The molecule has 0 bridgehead atoms. The number of piperidine rings is 1. The second-order valence-electron chi connectivity index (χ2n) is 11.2. The Morgan fingerprint density at radius 2 is 1.76 bits per heavy atom. The molecule has 2 unspecified atom stereocenters. The van der Waals surface area contributed by atoms with Gasteiger partial charge in [-0.1, -0.05) is 12.1 Å². The number of benzene rings is 1. The average molecular weight is 509 g/mol. The Labute approximate surface area is 216 Å². The van der Waals surface area contributed by atoms with E-state index < -0.39 is 11.2 Å². The first-order valence-electron chi connectivity index (χ1n) is 12.9. The highest BCUT2D eigenvalue weighted by Gasteiger charge is 2.53. The van der Waals surface area contributed by atoms with Crippen LogP contribution in [-0.2, 0) is 11.3 Å². The molecule has 198 valence electrons. The maximum atomic E-state index is 12.7. The predicted octanol–water partition coefficient (Wildman–Crippen LogP) is 0.569. The van der Waals surface area contributed by atoms with E-state index in [9.17, 15) is 14.4 Å². The van der Waals surface area contributed by atoms with Gasteiger partial charge in [0.05, 0.1) is 11.2 Å². The number of nitrogens with one attached hydrogen (secondary N) is 1. The summed E-state index contributed by atoms with van der Waals surface area (Å²) >= 11 is 0. The van der Waals surface area contributed by atoms with Gasteiger partial charge in [0.2, 0.25) is 5.91 Å². The summed E-state index contributed by atoms with van der Waals surface area (Å²) < 4.78 is 1.45. The first kappa shape index (κ1) is 25.4. The Balaban J connectivity index is 1.15. The van der Waals surface area contributed by atoms with Gasteiger partial charge in [0.1, 0.15) is 5.82 Å². The molecule has 2 saturated heterocycles. The van der Waals surface area contributed by atoms with Crippen LogP contribution in [-0.4, -0.2) is 86.5 Å². The van der Waals surface area contributed by atoms with E-state index in [1.807, 2.05) is 24.3 Å². The summed E-state index contributed by atoms with van der Waals surface area (Å²) in [5.41, 5.74) is 12.8. The zero-order valence-electron chi connectivity index (χ0n) is 21.5. The average Bonchev–Trinajstić information content (AvgIpc) is 3.54. The molecule has 1 aromatic carbocycles. The number of fused-ring (bicyclic) bond motifs is 1. The van der Waals surface area contributed by atoms with Crippen LogP contribution in [0.25, 0.3) is 5.69 Å². The summed E-state index contributed by atoms with van der Waals surface area (Å²) in [6, 6.07) is 9.13.